The van der Waals surface area contributed by atoms with Gasteiger partial charge < -0.3 is 19.4 Å². The van der Waals surface area contributed by atoms with Crippen molar-refractivity contribution in [3.8, 4) is 0 Å². The van der Waals surface area contributed by atoms with Crippen LogP contribution in [0.5, 0.6) is 0 Å². The smallest absolute Gasteiger partial charge is 0.468 e. The van der Waals surface area contributed by atoms with Crippen LogP contribution in [0.4, 0.5) is 4.79 Å². The molecule has 7 heteroatoms. The Labute approximate surface area is 135 Å². The number of hydrogen-bond donors (Lipinski definition) is 1. The number of rotatable bonds is 6. The highest BCUT2D eigenvalue weighted by molar-refractivity contribution is 5.75. The predicted molar refractivity (Wildman–Crippen MR) is 82.2 cm³/mol. The van der Waals surface area contributed by atoms with Crippen molar-refractivity contribution in [1.29, 1.82) is 0 Å². The Bertz CT molecular complexity index is 511. The van der Waals surface area contributed by atoms with Crippen LogP contribution in [0.2, 0.25) is 0 Å². The summed E-state index contributed by atoms with van der Waals surface area (Å²) in [5.74, 6) is -0.716. The number of carbonyl (C=O) groups is 2. The van der Waals surface area contributed by atoms with E-state index in [1.807, 2.05) is 18.2 Å². The SMILES string of the molecule is COC(=O)[C@H](CO)N(Cc1ccccc1)OC(=O)OC(C)(C)C. The van der Waals surface area contributed by atoms with Crippen molar-refractivity contribution < 1.29 is 29.0 Å². The molecular formula is C16H23NO6. The summed E-state index contributed by atoms with van der Waals surface area (Å²) < 4.78 is 9.71. The number of carbonyl (C=O) groups excluding carboxylic acids is 2. The molecule has 1 aromatic rings. The lowest BCUT2D eigenvalue weighted by molar-refractivity contribution is -0.194. The third kappa shape index (κ3) is 6.66. The Balaban J connectivity index is 2.91. The molecule has 1 aromatic carbocycles. The van der Waals surface area contributed by atoms with Crippen LogP contribution in [-0.4, -0.2) is 47.7 Å². The molecule has 0 amide bonds. The molecule has 0 aliphatic rings. The largest absolute Gasteiger partial charge is 0.528 e. The summed E-state index contributed by atoms with van der Waals surface area (Å²) in [5, 5.41) is 10.5. The Hall–Kier alpha value is -2.12. The minimum Gasteiger partial charge on any atom is -0.468 e. The van der Waals surface area contributed by atoms with Gasteiger partial charge in [0.05, 0.1) is 20.3 Å². The molecule has 0 aromatic heterocycles. The van der Waals surface area contributed by atoms with Crippen LogP contribution in [0.25, 0.3) is 0 Å². The number of hydroxylamine groups is 2. The molecule has 7 nitrogen and oxygen atoms in total. The van der Waals surface area contributed by atoms with E-state index < -0.39 is 30.4 Å². The summed E-state index contributed by atoms with van der Waals surface area (Å²) >= 11 is 0. The van der Waals surface area contributed by atoms with Crippen LogP contribution in [0.15, 0.2) is 30.3 Å². The maximum Gasteiger partial charge on any atom is 0.528 e. The summed E-state index contributed by atoms with van der Waals surface area (Å²) in [7, 11) is 1.19. The topological polar surface area (TPSA) is 85.3 Å². The van der Waals surface area contributed by atoms with Gasteiger partial charge in [-0.3, -0.25) is 4.79 Å². The fraction of sp³-hybridized carbons (Fsp3) is 0.500. The molecule has 0 bridgehead atoms. The first kappa shape index (κ1) is 18.9. The molecule has 0 heterocycles. The number of benzene rings is 1. The van der Waals surface area contributed by atoms with E-state index in [2.05, 4.69) is 4.74 Å². The number of methoxy groups -OCH3 is 1. The highest BCUT2D eigenvalue weighted by Gasteiger charge is 2.31. The monoisotopic (exact) mass is 325 g/mol. The van der Waals surface area contributed by atoms with Crippen molar-refractivity contribution in [1.82, 2.24) is 5.06 Å². The van der Waals surface area contributed by atoms with Gasteiger partial charge in [0.15, 0.2) is 6.04 Å². The van der Waals surface area contributed by atoms with Gasteiger partial charge in [-0.15, -0.1) is 5.06 Å². The molecule has 0 aliphatic carbocycles. The molecule has 0 saturated heterocycles. The molecule has 1 atom stereocenters. The highest BCUT2D eigenvalue weighted by atomic mass is 16.8. The standard InChI is InChI=1S/C16H23NO6/c1-16(2,3)22-15(20)23-17(13(11-18)14(19)21-4)10-12-8-6-5-7-9-12/h5-9,13,18H,10-11H2,1-4H3/t13-/m0/s1. The van der Waals surface area contributed by atoms with Gasteiger partial charge in [0, 0.05) is 0 Å². The molecule has 0 aliphatic heterocycles. The van der Waals surface area contributed by atoms with Gasteiger partial charge in [-0.2, -0.15) is 0 Å². The van der Waals surface area contributed by atoms with E-state index in [-0.39, 0.29) is 6.54 Å². The maximum atomic E-state index is 11.9. The van der Waals surface area contributed by atoms with Gasteiger partial charge in [0.2, 0.25) is 0 Å². The molecule has 0 spiro atoms. The van der Waals surface area contributed by atoms with Gasteiger partial charge in [0.1, 0.15) is 5.60 Å². The van der Waals surface area contributed by atoms with Crippen molar-refractivity contribution >= 4 is 12.1 Å². The Morgan fingerprint density at radius 2 is 1.83 bits per heavy atom. The zero-order chi connectivity index (χ0) is 17.5. The number of nitrogens with zero attached hydrogens (tertiary/aromatic N) is 1. The van der Waals surface area contributed by atoms with Crippen molar-refractivity contribution in [3.63, 3.8) is 0 Å². The molecule has 1 N–H and O–H groups in total. The average molecular weight is 325 g/mol. The van der Waals surface area contributed by atoms with Crippen molar-refractivity contribution in [3.05, 3.63) is 35.9 Å². The minimum absolute atomic E-state index is 0.0976. The lowest BCUT2D eigenvalue weighted by Gasteiger charge is -2.28. The highest BCUT2D eigenvalue weighted by Crippen LogP contribution is 2.14. The van der Waals surface area contributed by atoms with Gasteiger partial charge >= 0.3 is 12.1 Å². The molecule has 0 saturated carbocycles. The van der Waals surface area contributed by atoms with Crippen LogP contribution >= 0.6 is 0 Å². The second-order valence-corrected chi connectivity index (χ2v) is 5.84. The molecule has 0 radical (unpaired) electrons. The molecule has 0 fully saturated rings. The van der Waals surface area contributed by atoms with Gasteiger partial charge in [0.25, 0.3) is 0 Å². The second kappa shape index (κ2) is 8.50. The zero-order valence-corrected chi connectivity index (χ0v) is 13.8. The number of hydrogen-bond acceptors (Lipinski definition) is 7. The van der Waals surface area contributed by atoms with Crippen LogP contribution < -0.4 is 0 Å². The summed E-state index contributed by atoms with van der Waals surface area (Å²) in [5.41, 5.74) is 0.0496. The van der Waals surface area contributed by atoms with Gasteiger partial charge in [-0.05, 0) is 26.3 Å². The number of aliphatic hydroxyl groups excluding tert-OH is 1. The lowest BCUT2D eigenvalue weighted by atomic mass is 10.2. The Kier molecular flexibility index (Phi) is 6.99. The van der Waals surface area contributed by atoms with E-state index in [0.717, 1.165) is 10.6 Å². The zero-order valence-electron chi connectivity index (χ0n) is 13.8. The van der Waals surface area contributed by atoms with Crippen LogP contribution in [-0.2, 0) is 25.7 Å². The first-order valence-corrected chi connectivity index (χ1v) is 7.17. The van der Waals surface area contributed by atoms with Crippen molar-refractivity contribution in [2.75, 3.05) is 13.7 Å². The number of esters is 1. The molecule has 0 unspecified atom stereocenters. The van der Waals surface area contributed by atoms with Gasteiger partial charge in [-0.25, -0.2) is 4.79 Å². The van der Waals surface area contributed by atoms with Crippen LogP contribution in [0.1, 0.15) is 26.3 Å². The number of aliphatic hydroxyl groups is 1. The van der Waals surface area contributed by atoms with Crippen LogP contribution in [0.3, 0.4) is 0 Å². The third-order valence-corrected chi connectivity index (χ3v) is 2.76. The Morgan fingerprint density at radius 3 is 2.30 bits per heavy atom. The maximum absolute atomic E-state index is 11.9. The van der Waals surface area contributed by atoms with E-state index in [9.17, 15) is 14.7 Å². The molecule has 128 valence electrons. The van der Waals surface area contributed by atoms with E-state index in [1.54, 1.807) is 32.9 Å². The van der Waals surface area contributed by atoms with E-state index in [0.29, 0.717) is 0 Å². The van der Waals surface area contributed by atoms with Crippen molar-refractivity contribution in [2.24, 2.45) is 0 Å². The van der Waals surface area contributed by atoms with Crippen LogP contribution in [0, 0.1) is 0 Å². The summed E-state index contributed by atoms with van der Waals surface area (Å²) in [4.78, 5) is 28.8. The average Bonchev–Trinajstić information content (AvgIpc) is 2.46. The second-order valence-electron chi connectivity index (χ2n) is 5.84. The normalized spacial score (nSPS) is 12.6. The van der Waals surface area contributed by atoms with Crippen molar-refractivity contribution in [2.45, 2.75) is 39.0 Å². The van der Waals surface area contributed by atoms with Gasteiger partial charge in [-0.1, -0.05) is 30.3 Å². The lowest BCUT2D eigenvalue weighted by Crippen LogP contribution is -2.45. The summed E-state index contributed by atoms with van der Waals surface area (Å²) in [6.45, 7) is 4.61. The Morgan fingerprint density at radius 1 is 1.22 bits per heavy atom. The molecular weight excluding hydrogens is 302 g/mol. The summed E-state index contributed by atoms with van der Waals surface area (Å²) in [6, 6.07) is 7.92. The predicted octanol–water partition coefficient (Wildman–Crippen LogP) is 1.89. The third-order valence-electron chi connectivity index (χ3n) is 2.76. The minimum atomic E-state index is -1.15. The molecule has 1 rings (SSSR count). The first-order chi connectivity index (χ1) is 10.8. The quantitative estimate of drug-likeness (QED) is 0.631. The first-order valence-electron chi connectivity index (χ1n) is 7.17. The fourth-order valence-corrected chi connectivity index (χ4v) is 1.75. The fourth-order valence-electron chi connectivity index (χ4n) is 1.75. The van der Waals surface area contributed by atoms with E-state index >= 15 is 0 Å². The number of ether oxygens (including phenoxy) is 2. The molecule has 23 heavy (non-hydrogen) atoms. The summed E-state index contributed by atoms with van der Waals surface area (Å²) in [6.07, 6.45) is -0.962. The van der Waals surface area contributed by atoms with E-state index in [1.165, 1.54) is 7.11 Å². The van der Waals surface area contributed by atoms with E-state index in [4.69, 9.17) is 9.57 Å².